The van der Waals surface area contributed by atoms with Gasteiger partial charge in [0.2, 0.25) is 0 Å². The van der Waals surface area contributed by atoms with Crippen molar-refractivity contribution in [2.24, 2.45) is 7.05 Å². The van der Waals surface area contributed by atoms with Crippen LogP contribution < -0.4 is 4.57 Å². The fourth-order valence-electron chi connectivity index (χ4n) is 3.15. The lowest BCUT2D eigenvalue weighted by Gasteiger charge is -2.31. The Balaban J connectivity index is 2.57. The molecule has 2 rings (SSSR count). The molecule has 1 atom stereocenters. The van der Waals surface area contributed by atoms with Crippen LogP contribution in [0.5, 0.6) is 0 Å². The zero-order valence-electron chi connectivity index (χ0n) is 14.7. The van der Waals surface area contributed by atoms with Crippen LogP contribution in [0.25, 0.3) is 11.3 Å². The van der Waals surface area contributed by atoms with Gasteiger partial charge in [-0.3, -0.25) is 0 Å². The number of aromatic nitrogens is 2. The molecule has 0 aliphatic carbocycles. The maximum atomic E-state index is 4.39. The molecule has 0 amide bonds. The Labute approximate surface area is 135 Å². The van der Waals surface area contributed by atoms with Gasteiger partial charge < -0.3 is 0 Å². The summed E-state index contributed by atoms with van der Waals surface area (Å²) in [6.07, 6.45) is 6.85. The molecule has 0 radical (unpaired) electrons. The van der Waals surface area contributed by atoms with Gasteiger partial charge in [0.25, 0.3) is 6.33 Å². The second-order valence-electron chi connectivity index (χ2n) is 6.59. The summed E-state index contributed by atoms with van der Waals surface area (Å²) in [5.41, 5.74) is 5.36. The predicted molar refractivity (Wildman–Crippen MR) is 92.8 cm³/mol. The van der Waals surface area contributed by atoms with Crippen molar-refractivity contribution in [1.82, 2.24) is 4.98 Å². The van der Waals surface area contributed by atoms with Gasteiger partial charge >= 0.3 is 0 Å². The number of nitrogens with zero attached hydrogens (tertiary/aromatic N) is 2. The number of hydrogen-bond donors (Lipinski definition) is 0. The second kappa shape index (κ2) is 7.04. The van der Waals surface area contributed by atoms with Crippen LogP contribution in [0.15, 0.2) is 36.7 Å². The van der Waals surface area contributed by atoms with Crippen LogP contribution in [0.2, 0.25) is 0 Å². The smallest absolute Gasteiger partial charge is 0.233 e. The van der Waals surface area contributed by atoms with Gasteiger partial charge in [0.05, 0.1) is 7.05 Å². The van der Waals surface area contributed by atoms with Crippen molar-refractivity contribution in [3.8, 4) is 11.3 Å². The molecule has 0 saturated heterocycles. The molecule has 118 valence electrons. The number of rotatable bonds is 6. The summed E-state index contributed by atoms with van der Waals surface area (Å²) in [6, 6.07) is 11.1. The van der Waals surface area contributed by atoms with Crippen LogP contribution in [0, 0.1) is 6.92 Å². The molecule has 0 N–H and O–H groups in total. The van der Waals surface area contributed by atoms with Crippen molar-refractivity contribution in [2.45, 2.75) is 58.8 Å². The molecule has 0 fully saturated rings. The summed E-state index contributed by atoms with van der Waals surface area (Å²) in [5.74, 6) is 0. The van der Waals surface area contributed by atoms with Crippen molar-refractivity contribution < 1.29 is 4.57 Å². The summed E-state index contributed by atoms with van der Waals surface area (Å²) in [7, 11) is 2.08. The van der Waals surface area contributed by atoms with Gasteiger partial charge in [0.1, 0.15) is 5.69 Å². The molecule has 22 heavy (non-hydrogen) atoms. The predicted octanol–water partition coefficient (Wildman–Crippen LogP) is 4.74. The van der Waals surface area contributed by atoms with Gasteiger partial charge in [-0.15, -0.1) is 0 Å². The van der Waals surface area contributed by atoms with E-state index in [-0.39, 0.29) is 5.41 Å². The van der Waals surface area contributed by atoms with Gasteiger partial charge in [-0.25, -0.2) is 4.57 Å². The monoisotopic (exact) mass is 297 g/mol. The summed E-state index contributed by atoms with van der Waals surface area (Å²) < 4.78 is 2.13. The Morgan fingerprint density at radius 3 is 2.59 bits per heavy atom. The molecule has 0 bridgehead atoms. The van der Waals surface area contributed by atoms with Crippen LogP contribution >= 0.6 is 0 Å². The second-order valence-corrected chi connectivity index (χ2v) is 6.59. The third-order valence-corrected chi connectivity index (χ3v) is 4.88. The van der Waals surface area contributed by atoms with Crippen molar-refractivity contribution in [1.29, 1.82) is 0 Å². The summed E-state index contributed by atoms with van der Waals surface area (Å²) in [4.78, 5) is 4.39. The molecule has 1 heterocycles. The Morgan fingerprint density at radius 2 is 1.91 bits per heavy atom. The third kappa shape index (κ3) is 3.37. The molecule has 0 spiro atoms. The molecule has 1 unspecified atom stereocenters. The van der Waals surface area contributed by atoms with E-state index in [1.165, 1.54) is 36.1 Å². The molecule has 1 aromatic heterocycles. The molecule has 1 aromatic carbocycles. The van der Waals surface area contributed by atoms with Gasteiger partial charge in [-0.05, 0) is 23.8 Å². The Hall–Kier alpha value is -1.70. The highest BCUT2D eigenvalue weighted by Crippen LogP contribution is 2.38. The zero-order valence-corrected chi connectivity index (χ0v) is 14.7. The first-order chi connectivity index (χ1) is 10.5. The van der Waals surface area contributed by atoms with Gasteiger partial charge in [0, 0.05) is 18.6 Å². The van der Waals surface area contributed by atoms with E-state index in [9.17, 15) is 0 Å². The lowest BCUT2D eigenvalue weighted by Crippen LogP contribution is -2.33. The average Bonchev–Trinajstić information content (AvgIpc) is 2.55. The van der Waals surface area contributed by atoms with Crippen LogP contribution in [-0.4, -0.2) is 4.98 Å². The summed E-state index contributed by atoms with van der Waals surface area (Å²) in [6.45, 7) is 9.05. The highest BCUT2D eigenvalue weighted by Gasteiger charge is 2.28. The van der Waals surface area contributed by atoms with Crippen LogP contribution in [-0.2, 0) is 12.5 Å². The third-order valence-electron chi connectivity index (χ3n) is 4.88. The molecule has 0 aliphatic rings. The Bertz CT molecular complexity index is 633. The van der Waals surface area contributed by atoms with E-state index in [0.29, 0.717) is 0 Å². The zero-order chi connectivity index (χ0) is 16.2. The fraction of sp³-hybridized carbons (Fsp3) is 0.500. The van der Waals surface area contributed by atoms with Crippen molar-refractivity contribution >= 4 is 0 Å². The minimum absolute atomic E-state index is 0.233. The Kier molecular flexibility index (Phi) is 5.33. The number of unbranched alkanes of at least 4 members (excludes halogenated alkanes) is 1. The van der Waals surface area contributed by atoms with Crippen molar-refractivity contribution in [3.05, 3.63) is 47.9 Å². The van der Waals surface area contributed by atoms with E-state index in [1.807, 2.05) is 6.33 Å². The highest BCUT2D eigenvalue weighted by molar-refractivity contribution is 5.63. The van der Waals surface area contributed by atoms with Crippen LogP contribution in [0.1, 0.15) is 57.7 Å². The maximum Gasteiger partial charge on any atom is 0.286 e. The minimum atomic E-state index is 0.233. The summed E-state index contributed by atoms with van der Waals surface area (Å²) >= 11 is 0. The standard InChI is InChI=1S/C20H29N2/c1-6-8-13-20(4,7-2)18-12-10-9-11-17(18)19-14-16(3)21-15-22(19)5/h9-12,14-15H,6-8,13H2,1-5H3/q+1. The number of aryl methyl sites for hydroxylation is 2. The molecule has 0 saturated carbocycles. The SMILES string of the molecule is CCCCC(C)(CC)c1ccccc1-c1cc(C)nc[n+]1C. The number of hydrogen-bond acceptors (Lipinski definition) is 1. The first-order valence-corrected chi connectivity index (χ1v) is 8.44. The van der Waals surface area contributed by atoms with E-state index in [1.54, 1.807) is 0 Å². The number of benzene rings is 1. The molecular formula is C20H29N2+. The molecule has 0 aliphatic heterocycles. The lowest BCUT2D eigenvalue weighted by molar-refractivity contribution is -0.663. The molecular weight excluding hydrogens is 268 g/mol. The molecule has 2 aromatic rings. The fourth-order valence-corrected chi connectivity index (χ4v) is 3.15. The lowest BCUT2D eigenvalue weighted by atomic mass is 9.73. The first kappa shape index (κ1) is 16.7. The average molecular weight is 297 g/mol. The normalized spacial score (nSPS) is 13.9. The van der Waals surface area contributed by atoms with Crippen molar-refractivity contribution in [3.63, 3.8) is 0 Å². The first-order valence-electron chi connectivity index (χ1n) is 8.44. The quantitative estimate of drug-likeness (QED) is 0.704. The van der Waals surface area contributed by atoms with E-state index in [2.05, 4.69) is 74.6 Å². The Morgan fingerprint density at radius 1 is 1.18 bits per heavy atom. The van der Waals surface area contributed by atoms with E-state index < -0.39 is 0 Å². The van der Waals surface area contributed by atoms with Crippen LogP contribution in [0.3, 0.4) is 0 Å². The largest absolute Gasteiger partial charge is 0.286 e. The summed E-state index contributed by atoms with van der Waals surface area (Å²) in [5, 5.41) is 0. The van der Waals surface area contributed by atoms with Crippen molar-refractivity contribution in [2.75, 3.05) is 0 Å². The van der Waals surface area contributed by atoms with E-state index in [0.717, 1.165) is 12.1 Å². The van der Waals surface area contributed by atoms with Gasteiger partial charge in [-0.2, -0.15) is 0 Å². The van der Waals surface area contributed by atoms with Crippen LogP contribution in [0.4, 0.5) is 0 Å². The molecule has 2 nitrogen and oxygen atoms in total. The van der Waals surface area contributed by atoms with Gasteiger partial charge in [-0.1, -0.05) is 62.9 Å². The van der Waals surface area contributed by atoms with Gasteiger partial charge in [0.15, 0.2) is 5.69 Å². The van der Waals surface area contributed by atoms with E-state index >= 15 is 0 Å². The molecule has 2 heteroatoms. The maximum absolute atomic E-state index is 4.39. The van der Waals surface area contributed by atoms with E-state index in [4.69, 9.17) is 0 Å². The highest BCUT2D eigenvalue weighted by atomic mass is 15.0. The topological polar surface area (TPSA) is 16.8 Å². The minimum Gasteiger partial charge on any atom is -0.233 e.